The number of rotatable bonds is 5. The normalized spacial score (nSPS) is 13.2. The van der Waals surface area contributed by atoms with Crippen molar-refractivity contribution in [3.8, 4) is 5.75 Å². The van der Waals surface area contributed by atoms with Gasteiger partial charge in [-0.25, -0.2) is 14.8 Å². The molecule has 0 radical (unpaired) electrons. The van der Waals surface area contributed by atoms with E-state index in [0.717, 1.165) is 11.9 Å². The van der Waals surface area contributed by atoms with E-state index in [1.54, 1.807) is 25.1 Å². The summed E-state index contributed by atoms with van der Waals surface area (Å²) < 4.78 is 5.29. The third kappa shape index (κ3) is 5.17. The van der Waals surface area contributed by atoms with Gasteiger partial charge in [0.2, 0.25) is 0 Å². The largest absolute Gasteiger partial charge is 0.482 e. The van der Waals surface area contributed by atoms with Gasteiger partial charge in [0, 0.05) is 18.8 Å². The fraction of sp³-hybridized carbons (Fsp3) is 0.250. The molecule has 0 saturated heterocycles. The summed E-state index contributed by atoms with van der Waals surface area (Å²) in [7, 11) is 0. The smallest absolute Gasteiger partial charge is 0.339 e. The molecule has 0 spiro atoms. The number of carboxylic acid groups (broad SMARTS) is 1. The van der Waals surface area contributed by atoms with Crippen molar-refractivity contribution >= 4 is 34.5 Å². The predicted molar refractivity (Wildman–Crippen MR) is 113 cm³/mol. The maximum atomic E-state index is 12.5. The number of hydrogen-bond acceptors (Lipinski definition) is 8. The van der Waals surface area contributed by atoms with Crippen LogP contribution < -0.4 is 21.1 Å². The van der Waals surface area contributed by atoms with E-state index in [-0.39, 0.29) is 54.0 Å². The van der Waals surface area contributed by atoms with Crippen LogP contribution >= 0.6 is 0 Å². The van der Waals surface area contributed by atoms with Crippen molar-refractivity contribution in [2.75, 3.05) is 18.5 Å². The lowest BCUT2D eigenvalue weighted by Crippen LogP contribution is -2.26. The zero-order valence-corrected chi connectivity index (χ0v) is 17.1. The minimum atomic E-state index is -1.15. The molecule has 7 N–H and O–H groups in total. The SMILES string of the molecule is C[C@@H](N)CO.O=C1COc2ccc(CNC(=O)c3ncnc4c(C(=O)O)c[nH]c34)cc2N1. The molecule has 1 aliphatic rings. The summed E-state index contributed by atoms with van der Waals surface area (Å²) in [6.07, 6.45) is 2.41. The second-order valence-electron chi connectivity index (χ2n) is 6.96. The molecule has 1 atom stereocenters. The molecular weight excluding hydrogens is 420 g/mol. The molecule has 0 aliphatic carbocycles. The summed E-state index contributed by atoms with van der Waals surface area (Å²) in [5.74, 6) is -1.31. The van der Waals surface area contributed by atoms with Crippen molar-refractivity contribution in [2.24, 2.45) is 5.73 Å². The minimum Gasteiger partial charge on any atom is -0.482 e. The standard InChI is InChI=1S/C17H13N5O5.C3H9NO/c23-12-6-27-11-2-1-8(3-10(11)22-12)4-19-16(24)15-14-13(20-7-21-15)9(5-18-14)17(25)26;1-3(4)2-5/h1-3,5,7,18H,4,6H2,(H,19,24)(H,22,23)(H,25,26);3,5H,2,4H2,1H3/t;3-/m.1/s1. The van der Waals surface area contributed by atoms with Crippen LogP contribution in [0.5, 0.6) is 5.75 Å². The van der Waals surface area contributed by atoms with Crippen molar-refractivity contribution in [1.29, 1.82) is 0 Å². The molecule has 12 nitrogen and oxygen atoms in total. The van der Waals surface area contributed by atoms with Gasteiger partial charge in [-0.05, 0) is 24.6 Å². The van der Waals surface area contributed by atoms with E-state index in [1.165, 1.54) is 6.20 Å². The van der Waals surface area contributed by atoms with Gasteiger partial charge >= 0.3 is 5.97 Å². The Hall–Kier alpha value is -4.03. The van der Waals surface area contributed by atoms with E-state index < -0.39 is 11.9 Å². The quantitative estimate of drug-likeness (QED) is 0.321. The second kappa shape index (κ2) is 9.85. The molecule has 1 aliphatic heterocycles. The van der Waals surface area contributed by atoms with Crippen molar-refractivity contribution in [2.45, 2.75) is 19.5 Å². The van der Waals surface area contributed by atoms with E-state index in [2.05, 4.69) is 25.6 Å². The molecule has 3 heterocycles. The number of ether oxygens (including phenoxy) is 1. The van der Waals surface area contributed by atoms with E-state index in [0.29, 0.717) is 11.4 Å². The zero-order valence-electron chi connectivity index (χ0n) is 17.1. The molecule has 0 saturated carbocycles. The number of carbonyl (C=O) groups excluding carboxylic acids is 2. The number of aromatic carboxylic acids is 1. The van der Waals surface area contributed by atoms with Crippen LogP contribution in [0, 0.1) is 0 Å². The van der Waals surface area contributed by atoms with Crippen molar-refractivity contribution in [1.82, 2.24) is 20.3 Å². The third-order valence-electron chi connectivity index (χ3n) is 4.33. The number of aliphatic hydroxyl groups excluding tert-OH is 1. The number of carbonyl (C=O) groups is 3. The number of aromatic nitrogens is 3. The first-order chi connectivity index (χ1) is 15.3. The van der Waals surface area contributed by atoms with Crippen LogP contribution in [0.2, 0.25) is 0 Å². The van der Waals surface area contributed by atoms with Gasteiger partial charge in [0.05, 0.1) is 17.8 Å². The maximum absolute atomic E-state index is 12.5. The molecule has 2 aromatic heterocycles. The Morgan fingerprint density at radius 3 is 2.78 bits per heavy atom. The van der Waals surface area contributed by atoms with Gasteiger partial charge in [0.15, 0.2) is 12.3 Å². The van der Waals surface area contributed by atoms with Gasteiger partial charge in [-0.15, -0.1) is 0 Å². The summed E-state index contributed by atoms with van der Waals surface area (Å²) in [5.41, 5.74) is 6.75. The number of carboxylic acids is 1. The zero-order chi connectivity index (χ0) is 23.3. The highest BCUT2D eigenvalue weighted by Gasteiger charge is 2.20. The van der Waals surface area contributed by atoms with Crippen molar-refractivity contribution in [3.05, 3.63) is 47.5 Å². The summed E-state index contributed by atoms with van der Waals surface area (Å²) in [5, 5.41) is 22.6. The predicted octanol–water partition coefficient (Wildman–Crippen LogP) is 0.243. The van der Waals surface area contributed by atoms with Crippen LogP contribution in [0.3, 0.4) is 0 Å². The number of H-pyrrole nitrogens is 1. The first-order valence-corrected chi connectivity index (χ1v) is 9.55. The minimum absolute atomic E-state index is 0.0265. The van der Waals surface area contributed by atoms with Gasteiger partial charge < -0.3 is 36.3 Å². The Labute approximate surface area is 181 Å². The number of aliphatic hydroxyl groups is 1. The number of anilines is 1. The van der Waals surface area contributed by atoms with Gasteiger partial charge in [0.1, 0.15) is 23.2 Å². The average molecular weight is 442 g/mol. The molecule has 4 rings (SSSR count). The number of aromatic amines is 1. The van der Waals surface area contributed by atoms with Gasteiger partial charge in [-0.3, -0.25) is 9.59 Å². The fourth-order valence-electron chi connectivity index (χ4n) is 2.78. The lowest BCUT2D eigenvalue weighted by molar-refractivity contribution is -0.118. The molecule has 2 amide bonds. The van der Waals surface area contributed by atoms with Crippen LogP contribution in [-0.2, 0) is 11.3 Å². The molecule has 0 fully saturated rings. The van der Waals surface area contributed by atoms with E-state index in [1.807, 2.05) is 0 Å². The number of fused-ring (bicyclic) bond motifs is 2. The molecule has 32 heavy (non-hydrogen) atoms. The number of hydrogen-bond donors (Lipinski definition) is 6. The molecular formula is C20H22N6O6. The summed E-state index contributed by atoms with van der Waals surface area (Å²) in [4.78, 5) is 45.7. The van der Waals surface area contributed by atoms with Gasteiger partial charge in [-0.2, -0.15) is 0 Å². The molecule has 0 unspecified atom stereocenters. The van der Waals surface area contributed by atoms with Crippen LogP contribution in [0.25, 0.3) is 11.0 Å². The Morgan fingerprint density at radius 2 is 2.09 bits per heavy atom. The van der Waals surface area contributed by atoms with Crippen LogP contribution in [0.15, 0.2) is 30.7 Å². The number of nitrogens with one attached hydrogen (secondary N) is 3. The highest BCUT2D eigenvalue weighted by atomic mass is 16.5. The fourth-order valence-corrected chi connectivity index (χ4v) is 2.78. The summed E-state index contributed by atoms with van der Waals surface area (Å²) >= 11 is 0. The lowest BCUT2D eigenvalue weighted by Gasteiger charge is -2.18. The van der Waals surface area contributed by atoms with E-state index in [9.17, 15) is 14.4 Å². The Kier molecular flexibility index (Phi) is 6.97. The summed E-state index contributed by atoms with van der Waals surface area (Å²) in [6, 6.07) is 5.13. The van der Waals surface area contributed by atoms with E-state index in [4.69, 9.17) is 20.7 Å². The second-order valence-corrected chi connectivity index (χ2v) is 6.96. The lowest BCUT2D eigenvalue weighted by atomic mass is 10.1. The van der Waals surface area contributed by atoms with Crippen molar-refractivity contribution in [3.63, 3.8) is 0 Å². The number of nitrogens with zero attached hydrogens (tertiary/aromatic N) is 2. The molecule has 0 bridgehead atoms. The van der Waals surface area contributed by atoms with Gasteiger partial charge in [0.25, 0.3) is 11.8 Å². The first-order valence-electron chi connectivity index (χ1n) is 9.55. The first kappa shape index (κ1) is 22.7. The van der Waals surface area contributed by atoms with Crippen molar-refractivity contribution < 1.29 is 29.3 Å². The number of amides is 2. The number of nitrogens with two attached hydrogens (primary N) is 1. The molecule has 1 aromatic carbocycles. The topological polar surface area (TPSA) is 193 Å². The highest BCUT2D eigenvalue weighted by Crippen LogP contribution is 2.28. The maximum Gasteiger partial charge on any atom is 0.339 e. The Morgan fingerprint density at radius 1 is 1.34 bits per heavy atom. The Bertz CT molecular complexity index is 1160. The molecule has 168 valence electrons. The van der Waals surface area contributed by atoms with Gasteiger partial charge in [-0.1, -0.05) is 6.07 Å². The monoisotopic (exact) mass is 442 g/mol. The van der Waals surface area contributed by atoms with Crippen LogP contribution in [0.1, 0.15) is 33.3 Å². The summed E-state index contributed by atoms with van der Waals surface area (Å²) in [6.45, 7) is 1.99. The number of benzene rings is 1. The average Bonchev–Trinajstić information content (AvgIpc) is 3.22. The van der Waals surface area contributed by atoms with Crippen LogP contribution in [0.4, 0.5) is 5.69 Å². The third-order valence-corrected chi connectivity index (χ3v) is 4.33. The molecule has 3 aromatic rings. The van der Waals surface area contributed by atoms with E-state index >= 15 is 0 Å². The Balaban J connectivity index is 0.000000523. The molecule has 12 heteroatoms. The van der Waals surface area contributed by atoms with Crippen LogP contribution in [-0.4, -0.2) is 62.2 Å². The highest BCUT2D eigenvalue weighted by molar-refractivity contribution is 6.08.